The maximum absolute atomic E-state index is 13.1. The van der Waals surface area contributed by atoms with Crippen LogP contribution in [0.3, 0.4) is 0 Å². The average Bonchev–Trinajstić information content (AvgIpc) is 3.27. The predicted octanol–water partition coefficient (Wildman–Crippen LogP) is 3.49. The van der Waals surface area contributed by atoms with Crippen LogP contribution in [0.25, 0.3) is 21.6 Å². The summed E-state index contributed by atoms with van der Waals surface area (Å²) in [6.45, 7) is -0.291. The zero-order valence-corrected chi connectivity index (χ0v) is 16.4. The number of benzene rings is 2. The maximum atomic E-state index is 13.1. The quantitative estimate of drug-likeness (QED) is 0.664. The van der Waals surface area contributed by atoms with Crippen molar-refractivity contribution < 1.29 is 13.2 Å². The summed E-state index contributed by atoms with van der Waals surface area (Å²) in [5, 5.41) is 2.28. The van der Waals surface area contributed by atoms with Crippen LogP contribution in [0, 0.1) is 0 Å². The number of carbonyl (C=O) groups excluding carboxylic acids is 1. The molecule has 1 aliphatic heterocycles. The van der Waals surface area contributed by atoms with Crippen LogP contribution in [0.5, 0.6) is 0 Å². The first-order valence-electron chi connectivity index (χ1n) is 8.08. The van der Waals surface area contributed by atoms with Gasteiger partial charge < -0.3 is 5.32 Å². The number of thiocarbonyl (C=S) groups is 1. The highest BCUT2D eigenvalue weighted by Gasteiger charge is 2.36. The highest BCUT2D eigenvalue weighted by molar-refractivity contribution is 7.93. The van der Waals surface area contributed by atoms with Crippen LogP contribution in [0.4, 0.5) is 0 Å². The van der Waals surface area contributed by atoms with E-state index in [9.17, 15) is 13.2 Å². The lowest BCUT2D eigenvalue weighted by Crippen LogP contribution is -2.33. The SMILES string of the molecule is O=C1CN(S(=O)(=O)c2cc(-c3ccccc3)c(-c3ccccc3)s2)C(=S)N1. The van der Waals surface area contributed by atoms with Crippen LogP contribution in [-0.4, -0.2) is 30.3 Å². The third-order valence-electron chi connectivity index (χ3n) is 4.13. The summed E-state index contributed by atoms with van der Waals surface area (Å²) in [6, 6.07) is 20.9. The highest BCUT2D eigenvalue weighted by Crippen LogP contribution is 2.42. The molecule has 1 amide bonds. The topological polar surface area (TPSA) is 66.5 Å². The molecule has 0 spiro atoms. The molecule has 2 heterocycles. The fourth-order valence-corrected chi connectivity index (χ4v) is 6.23. The minimum atomic E-state index is -3.91. The van der Waals surface area contributed by atoms with E-state index in [1.165, 1.54) is 11.3 Å². The van der Waals surface area contributed by atoms with E-state index in [4.69, 9.17) is 12.2 Å². The Hall–Kier alpha value is -2.55. The Bertz CT molecular complexity index is 1070. The number of nitrogens with zero attached hydrogens (tertiary/aromatic N) is 1. The highest BCUT2D eigenvalue weighted by atomic mass is 32.2. The molecule has 8 heteroatoms. The summed E-state index contributed by atoms with van der Waals surface area (Å²) >= 11 is 6.19. The summed E-state index contributed by atoms with van der Waals surface area (Å²) in [6.07, 6.45) is 0. The van der Waals surface area contributed by atoms with Crippen molar-refractivity contribution >= 4 is 44.6 Å². The Balaban J connectivity index is 1.87. The van der Waals surface area contributed by atoms with Gasteiger partial charge in [0.1, 0.15) is 10.8 Å². The van der Waals surface area contributed by atoms with Crippen molar-refractivity contribution in [3.05, 3.63) is 66.7 Å². The minimum Gasteiger partial charge on any atom is -0.301 e. The molecular formula is C19H14N2O3S3. The van der Waals surface area contributed by atoms with Gasteiger partial charge >= 0.3 is 0 Å². The average molecular weight is 415 g/mol. The van der Waals surface area contributed by atoms with Gasteiger partial charge in [-0.2, -0.15) is 0 Å². The molecule has 2 aromatic carbocycles. The van der Waals surface area contributed by atoms with Crippen molar-refractivity contribution in [2.45, 2.75) is 4.21 Å². The number of thiophene rings is 1. The lowest BCUT2D eigenvalue weighted by Gasteiger charge is -2.14. The lowest BCUT2D eigenvalue weighted by molar-refractivity contribution is -0.118. The first-order chi connectivity index (χ1) is 13.0. The van der Waals surface area contributed by atoms with E-state index >= 15 is 0 Å². The van der Waals surface area contributed by atoms with Crippen molar-refractivity contribution in [2.75, 3.05) is 6.54 Å². The van der Waals surface area contributed by atoms with Gasteiger partial charge in [-0.05, 0) is 29.4 Å². The molecule has 1 saturated heterocycles. The summed E-state index contributed by atoms with van der Waals surface area (Å²) in [4.78, 5) is 12.4. The van der Waals surface area contributed by atoms with Crippen molar-refractivity contribution in [1.82, 2.24) is 9.62 Å². The number of hydrogen-bond acceptors (Lipinski definition) is 5. The number of sulfonamides is 1. The van der Waals surface area contributed by atoms with Crippen LogP contribution >= 0.6 is 23.6 Å². The number of hydrogen-bond donors (Lipinski definition) is 1. The zero-order valence-electron chi connectivity index (χ0n) is 14.0. The van der Waals surface area contributed by atoms with Gasteiger partial charge in [0, 0.05) is 10.4 Å². The van der Waals surface area contributed by atoms with Crippen molar-refractivity contribution in [3.8, 4) is 21.6 Å². The number of rotatable bonds is 4. The first kappa shape index (κ1) is 17.8. The molecule has 4 rings (SSSR count). The summed E-state index contributed by atoms with van der Waals surface area (Å²) in [5.74, 6) is -0.424. The van der Waals surface area contributed by atoms with Gasteiger partial charge in [0.05, 0.1) is 0 Å². The first-order valence-corrected chi connectivity index (χ1v) is 10.7. The van der Waals surface area contributed by atoms with Crippen LogP contribution in [0.1, 0.15) is 0 Å². The second-order valence-corrected chi connectivity index (χ2v) is 9.43. The summed E-state index contributed by atoms with van der Waals surface area (Å²) in [7, 11) is -3.91. The third kappa shape index (κ3) is 3.27. The Morgan fingerprint density at radius 2 is 1.56 bits per heavy atom. The molecular weight excluding hydrogens is 400 g/mol. The van der Waals surface area contributed by atoms with Crippen molar-refractivity contribution in [1.29, 1.82) is 0 Å². The van der Waals surface area contributed by atoms with E-state index in [0.29, 0.717) is 0 Å². The number of carbonyl (C=O) groups is 1. The molecule has 136 valence electrons. The van der Waals surface area contributed by atoms with E-state index in [1.54, 1.807) is 6.07 Å². The molecule has 0 radical (unpaired) electrons. The predicted molar refractivity (Wildman–Crippen MR) is 110 cm³/mol. The van der Waals surface area contributed by atoms with Gasteiger partial charge in [-0.1, -0.05) is 60.7 Å². The second-order valence-electron chi connectivity index (χ2n) is 5.91. The monoisotopic (exact) mass is 414 g/mol. The normalized spacial score (nSPS) is 14.4. The van der Waals surface area contributed by atoms with E-state index in [2.05, 4.69) is 5.32 Å². The third-order valence-corrected chi connectivity index (χ3v) is 7.95. The van der Waals surface area contributed by atoms with E-state index in [1.807, 2.05) is 60.7 Å². The molecule has 0 aliphatic carbocycles. The fraction of sp³-hybridized carbons (Fsp3) is 0.0526. The Labute approximate surface area is 166 Å². The van der Waals surface area contributed by atoms with E-state index < -0.39 is 15.9 Å². The molecule has 0 unspecified atom stereocenters. The maximum Gasteiger partial charge on any atom is 0.276 e. The van der Waals surface area contributed by atoms with E-state index in [0.717, 1.165) is 25.9 Å². The van der Waals surface area contributed by atoms with Gasteiger partial charge in [-0.15, -0.1) is 11.3 Å². The standard InChI is InChI=1S/C19H14N2O3S3/c22-16-12-21(19(25)20-16)27(23,24)17-11-15(13-7-3-1-4-8-13)18(26-17)14-9-5-2-6-10-14/h1-11H,12H2,(H,20,22,25). The molecule has 5 nitrogen and oxygen atoms in total. The van der Waals surface area contributed by atoms with Crippen molar-refractivity contribution in [2.24, 2.45) is 0 Å². The minimum absolute atomic E-state index is 0.0871. The summed E-state index contributed by atoms with van der Waals surface area (Å²) in [5.41, 5.74) is 2.68. The zero-order chi connectivity index (χ0) is 19.0. The van der Waals surface area contributed by atoms with Crippen LogP contribution in [-0.2, 0) is 14.8 Å². The second kappa shape index (κ2) is 6.88. The molecule has 0 atom stereocenters. The molecule has 0 saturated carbocycles. The van der Waals surface area contributed by atoms with Gasteiger partial charge in [0.25, 0.3) is 10.0 Å². The molecule has 1 aliphatic rings. The van der Waals surface area contributed by atoms with Gasteiger partial charge in [0.15, 0.2) is 5.11 Å². The van der Waals surface area contributed by atoms with E-state index in [-0.39, 0.29) is 15.9 Å². The Morgan fingerprint density at radius 1 is 0.963 bits per heavy atom. The number of nitrogens with one attached hydrogen (secondary N) is 1. The Kier molecular flexibility index (Phi) is 4.55. The smallest absolute Gasteiger partial charge is 0.276 e. The molecule has 27 heavy (non-hydrogen) atoms. The molecule has 1 aromatic heterocycles. The lowest BCUT2D eigenvalue weighted by atomic mass is 10.0. The van der Waals surface area contributed by atoms with Crippen molar-refractivity contribution in [3.63, 3.8) is 0 Å². The van der Waals surface area contributed by atoms with Gasteiger partial charge in [-0.3, -0.25) is 4.79 Å². The molecule has 1 N–H and O–H groups in total. The number of amides is 1. The van der Waals surface area contributed by atoms with Crippen LogP contribution < -0.4 is 5.32 Å². The summed E-state index contributed by atoms with van der Waals surface area (Å²) < 4.78 is 27.2. The largest absolute Gasteiger partial charge is 0.301 e. The van der Waals surface area contributed by atoms with Gasteiger partial charge in [-0.25, -0.2) is 12.7 Å². The fourth-order valence-electron chi connectivity index (χ4n) is 2.86. The van der Waals surface area contributed by atoms with Crippen LogP contribution in [0.15, 0.2) is 70.9 Å². The molecule has 0 bridgehead atoms. The van der Waals surface area contributed by atoms with Crippen LogP contribution in [0.2, 0.25) is 0 Å². The molecule has 1 fully saturated rings. The van der Waals surface area contributed by atoms with Gasteiger partial charge in [0.2, 0.25) is 5.91 Å². The Morgan fingerprint density at radius 3 is 2.11 bits per heavy atom. The molecule has 3 aromatic rings.